The molecule has 2 rings (SSSR count). The summed E-state index contributed by atoms with van der Waals surface area (Å²) in [6.45, 7) is 0. The number of nitrogens with one attached hydrogen (secondary N) is 1. The molecule has 1 unspecified atom stereocenters. The molecule has 2 aromatic carbocycles. The number of anilines is 1. The molecule has 0 aliphatic heterocycles. The van der Waals surface area contributed by atoms with Crippen molar-refractivity contribution in [3.05, 3.63) is 63.3 Å². The average Bonchev–Trinajstić information content (AvgIpc) is 2.45. The van der Waals surface area contributed by atoms with Crippen LogP contribution in [0.1, 0.15) is 11.6 Å². The molecule has 0 saturated heterocycles. The number of hydrogen-bond acceptors (Lipinski definition) is 3. The molecule has 6 heteroatoms. The highest BCUT2D eigenvalue weighted by Gasteiger charge is 2.24. The Morgan fingerprint density at radius 2 is 2.10 bits per heavy atom. The van der Waals surface area contributed by atoms with Gasteiger partial charge in [-0.1, -0.05) is 39.7 Å². The summed E-state index contributed by atoms with van der Waals surface area (Å²) in [5, 5.41) is 3.34. The summed E-state index contributed by atoms with van der Waals surface area (Å²) in [7, 11) is 1.29. The van der Waals surface area contributed by atoms with Crippen molar-refractivity contribution in [3.63, 3.8) is 0 Å². The van der Waals surface area contributed by atoms with E-state index in [1.165, 1.54) is 19.2 Å². The van der Waals surface area contributed by atoms with E-state index in [4.69, 9.17) is 16.3 Å². The summed E-state index contributed by atoms with van der Waals surface area (Å²) in [6, 6.07) is 10.2. The first kappa shape index (κ1) is 15.8. The molecule has 0 bridgehead atoms. The largest absolute Gasteiger partial charge is 0.467 e. The summed E-state index contributed by atoms with van der Waals surface area (Å²) in [4.78, 5) is 12.0. The Kier molecular flexibility index (Phi) is 5.20. The molecule has 0 aliphatic carbocycles. The number of carbonyl (C=O) groups is 1. The van der Waals surface area contributed by atoms with Gasteiger partial charge in [0.1, 0.15) is 5.82 Å². The van der Waals surface area contributed by atoms with E-state index in [-0.39, 0.29) is 0 Å². The van der Waals surface area contributed by atoms with Gasteiger partial charge in [0.2, 0.25) is 0 Å². The van der Waals surface area contributed by atoms with Gasteiger partial charge in [-0.05, 0) is 30.3 Å². The maximum Gasteiger partial charge on any atom is 0.333 e. The van der Waals surface area contributed by atoms with Gasteiger partial charge in [0, 0.05) is 20.7 Å². The first-order valence-corrected chi connectivity index (χ1v) is 7.23. The second-order valence-electron chi connectivity index (χ2n) is 4.28. The molecule has 0 amide bonds. The van der Waals surface area contributed by atoms with Crippen LogP contribution in [-0.2, 0) is 9.53 Å². The first-order chi connectivity index (χ1) is 10.0. The summed E-state index contributed by atoms with van der Waals surface area (Å²) in [5.74, 6) is -0.908. The van der Waals surface area contributed by atoms with Crippen molar-refractivity contribution < 1.29 is 13.9 Å². The highest BCUT2D eigenvalue weighted by atomic mass is 79.9. The number of carbonyl (C=O) groups excluding carboxylic acids is 1. The molecule has 0 radical (unpaired) electrons. The monoisotopic (exact) mass is 371 g/mol. The van der Waals surface area contributed by atoms with Gasteiger partial charge in [0.25, 0.3) is 0 Å². The minimum Gasteiger partial charge on any atom is -0.467 e. The summed E-state index contributed by atoms with van der Waals surface area (Å²) < 4.78 is 18.8. The topological polar surface area (TPSA) is 38.3 Å². The fourth-order valence-corrected chi connectivity index (χ4v) is 2.64. The molecule has 1 atom stereocenters. The van der Waals surface area contributed by atoms with Gasteiger partial charge in [-0.25, -0.2) is 9.18 Å². The van der Waals surface area contributed by atoms with Crippen LogP contribution in [0.15, 0.2) is 46.9 Å². The number of ether oxygens (including phenoxy) is 1. The predicted molar refractivity (Wildman–Crippen MR) is 83.9 cm³/mol. The lowest BCUT2D eigenvalue weighted by Crippen LogP contribution is -2.22. The van der Waals surface area contributed by atoms with Crippen molar-refractivity contribution in [2.75, 3.05) is 12.4 Å². The first-order valence-electron chi connectivity index (χ1n) is 6.06. The van der Waals surface area contributed by atoms with E-state index in [0.29, 0.717) is 16.3 Å². The summed E-state index contributed by atoms with van der Waals surface area (Å²) >= 11 is 9.48. The van der Waals surface area contributed by atoms with Crippen LogP contribution in [-0.4, -0.2) is 13.1 Å². The normalized spacial score (nSPS) is 11.8. The Morgan fingerprint density at radius 3 is 2.71 bits per heavy atom. The molecule has 110 valence electrons. The van der Waals surface area contributed by atoms with Gasteiger partial charge < -0.3 is 10.1 Å². The average molecular weight is 373 g/mol. The SMILES string of the molecule is COC(=O)C(Nc1cccc(F)c1)c1ccc(Br)cc1Cl. The Balaban J connectivity index is 2.37. The number of halogens is 3. The van der Waals surface area contributed by atoms with Crippen LogP contribution < -0.4 is 5.32 Å². The molecule has 0 spiro atoms. The van der Waals surface area contributed by atoms with Crippen molar-refractivity contribution in [1.29, 1.82) is 0 Å². The highest BCUT2D eigenvalue weighted by molar-refractivity contribution is 9.10. The van der Waals surface area contributed by atoms with Crippen molar-refractivity contribution >= 4 is 39.2 Å². The van der Waals surface area contributed by atoms with Crippen LogP contribution in [0.25, 0.3) is 0 Å². The number of rotatable bonds is 4. The maximum absolute atomic E-state index is 13.2. The van der Waals surface area contributed by atoms with Crippen molar-refractivity contribution in [1.82, 2.24) is 0 Å². The van der Waals surface area contributed by atoms with Gasteiger partial charge in [-0.2, -0.15) is 0 Å². The fourth-order valence-electron chi connectivity index (χ4n) is 1.86. The molecule has 0 heterocycles. The quantitative estimate of drug-likeness (QED) is 0.799. The van der Waals surface area contributed by atoms with Gasteiger partial charge in [0.05, 0.1) is 7.11 Å². The van der Waals surface area contributed by atoms with Gasteiger partial charge in [-0.15, -0.1) is 0 Å². The predicted octanol–water partition coefficient (Wildman–Crippen LogP) is 4.57. The lowest BCUT2D eigenvalue weighted by molar-refractivity contribution is -0.141. The van der Waals surface area contributed by atoms with E-state index in [0.717, 1.165) is 4.47 Å². The van der Waals surface area contributed by atoms with Crippen molar-refractivity contribution in [3.8, 4) is 0 Å². The molecular weight excluding hydrogens is 361 g/mol. The van der Waals surface area contributed by atoms with Crippen molar-refractivity contribution in [2.24, 2.45) is 0 Å². The Morgan fingerprint density at radius 1 is 1.33 bits per heavy atom. The van der Waals surface area contributed by atoms with E-state index < -0.39 is 17.8 Å². The highest BCUT2D eigenvalue weighted by Crippen LogP contribution is 2.29. The smallest absolute Gasteiger partial charge is 0.333 e. The van der Waals surface area contributed by atoms with E-state index in [9.17, 15) is 9.18 Å². The third-order valence-corrected chi connectivity index (χ3v) is 3.67. The van der Waals surface area contributed by atoms with Gasteiger partial charge >= 0.3 is 5.97 Å². The zero-order valence-electron chi connectivity index (χ0n) is 11.1. The molecule has 0 aliphatic rings. The van der Waals surface area contributed by atoms with Crippen LogP contribution in [0.5, 0.6) is 0 Å². The summed E-state index contributed by atoms with van der Waals surface area (Å²) in [6.07, 6.45) is 0. The fraction of sp³-hybridized carbons (Fsp3) is 0.133. The number of hydrogen-bond donors (Lipinski definition) is 1. The Bertz CT molecular complexity index is 666. The zero-order chi connectivity index (χ0) is 15.4. The molecule has 0 aromatic heterocycles. The van der Waals surface area contributed by atoms with Crippen LogP contribution >= 0.6 is 27.5 Å². The lowest BCUT2D eigenvalue weighted by atomic mass is 10.1. The van der Waals surface area contributed by atoms with E-state index >= 15 is 0 Å². The molecule has 0 fully saturated rings. The second kappa shape index (κ2) is 6.91. The molecular formula is C15H12BrClFNO2. The van der Waals surface area contributed by atoms with Crippen molar-refractivity contribution in [2.45, 2.75) is 6.04 Å². The summed E-state index contributed by atoms with van der Waals surface area (Å²) in [5.41, 5.74) is 1.01. The van der Waals surface area contributed by atoms with Crippen LogP contribution in [0.3, 0.4) is 0 Å². The number of esters is 1. The minimum atomic E-state index is -0.822. The van der Waals surface area contributed by atoms with Crippen LogP contribution in [0, 0.1) is 5.82 Å². The molecule has 21 heavy (non-hydrogen) atoms. The lowest BCUT2D eigenvalue weighted by Gasteiger charge is -2.19. The zero-order valence-corrected chi connectivity index (χ0v) is 13.4. The van der Waals surface area contributed by atoms with Gasteiger partial charge in [0.15, 0.2) is 6.04 Å². The Labute approximate surface area is 135 Å². The molecule has 1 N–H and O–H groups in total. The Hall–Kier alpha value is -1.59. The number of benzene rings is 2. The molecule has 3 nitrogen and oxygen atoms in total. The van der Waals surface area contributed by atoms with Gasteiger partial charge in [-0.3, -0.25) is 0 Å². The number of methoxy groups -OCH3 is 1. The standard InChI is InChI=1S/C15H12BrClFNO2/c1-21-15(20)14(12-6-5-9(16)7-13(12)17)19-11-4-2-3-10(18)8-11/h2-8,14,19H,1H3. The van der Waals surface area contributed by atoms with E-state index in [1.807, 2.05) is 0 Å². The maximum atomic E-state index is 13.2. The van der Waals surface area contributed by atoms with E-state index in [2.05, 4.69) is 21.2 Å². The third kappa shape index (κ3) is 3.95. The van der Waals surface area contributed by atoms with E-state index in [1.54, 1.807) is 30.3 Å². The van der Waals surface area contributed by atoms with Crippen LogP contribution in [0.2, 0.25) is 5.02 Å². The third-order valence-electron chi connectivity index (χ3n) is 2.85. The van der Waals surface area contributed by atoms with Crippen LogP contribution in [0.4, 0.5) is 10.1 Å². The molecule has 0 saturated carbocycles. The minimum absolute atomic E-state index is 0.398. The second-order valence-corrected chi connectivity index (χ2v) is 5.60. The molecule has 2 aromatic rings.